The van der Waals surface area contributed by atoms with Crippen molar-refractivity contribution in [2.75, 3.05) is 5.32 Å². The lowest BCUT2D eigenvalue weighted by Crippen LogP contribution is -2.13. The zero-order valence-electron chi connectivity index (χ0n) is 10.6. The van der Waals surface area contributed by atoms with Crippen molar-refractivity contribution >= 4 is 55.6 Å². The molecule has 1 heterocycles. The number of aryl methyl sites for hydroxylation is 1. The Bertz CT molecular complexity index is 798. The summed E-state index contributed by atoms with van der Waals surface area (Å²) < 4.78 is 22.5. The summed E-state index contributed by atoms with van der Waals surface area (Å²) in [6, 6.07) is 4.64. The maximum absolute atomic E-state index is 12.1. The van der Waals surface area contributed by atoms with Gasteiger partial charge in [0, 0.05) is 0 Å². The van der Waals surface area contributed by atoms with E-state index in [9.17, 15) is 13.2 Å². The molecule has 0 atom stereocenters. The van der Waals surface area contributed by atoms with E-state index in [2.05, 4.69) is 10.3 Å². The molecule has 10 heteroatoms. The van der Waals surface area contributed by atoms with E-state index in [1.165, 1.54) is 19.1 Å². The summed E-state index contributed by atoms with van der Waals surface area (Å²) in [4.78, 5) is 16.1. The Morgan fingerprint density at radius 3 is 2.38 bits per heavy atom. The number of sulfonamides is 1. The van der Waals surface area contributed by atoms with Crippen molar-refractivity contribution in [2.45, 2.75) is 11.1 Å². The Labute approximate surface area is 134 Å². The van der Waals surface area contributed by atoms with Gasteiger partial charge in [0.1, 0.15) is 0 Å². The molecule has 2 aromatic rings. The molecule has 0 fully saturated rings. The number of primary sulfonamides is 1. The van der Waals surface area contributed by atoms with Gasteiger partial charge in [0.25, 0.3) is 5.91 Å². The lowest BCUT2D eigenvalue weighted by molar-refractivity contribution is 0.102. The van der Waals surface area contributed by atoms with Crippen LogP contribution in [-0.4, -0.2) is 19.3 Å². The van der Waals surface area contributed by atoms with Crippen molar-refractivity contribution < 1.29 is 13.2 Å². The number of thiazole rings is 1. The highest BCUT2D eigenvalue weighted by Crippen LogP contribution is 2.29. The standard InChI is InChI=1S/C11H9Cl2N3O3S2/c1-5-10(21(14,18)19)20-11(15-5)16-9(17)8-6(12)3-2-4-7(8)13/h2-4H,1H3,(H2,14,18,19)(H,15,16,17). The summed E-state index contributed by atoms with van der Waals surface area (Å²) in [7, 11) is -3.88. The quantitative estimate of drug-likeness (QED) is 0.872. The van der Waals surface area contributed by atoms with Crippen LogP contribution < -0.4 is 10.5 Å². The number of hydrogen-bond donors (Lipinski definition) is 2. The molecule has 1 amide bonds. The second kappa shape index (κ2) is 5.90. The molecule has 0 radical (unpaired) electrons. The van der Waals surface area contributed by atoms with Crippen LogP contribution in [0.2, 0.25) is 10.0 Å². The van der Waals surface area contributed by atoms with Crippen LogP contribution in [-0.2, 0) is 10.0 Å². The van der Waals surface area contributed by atoms with E-state index in [1.54, 1.807) is 6.07 Å². The molecule has 0 bridgehead atoms. The molecule has 112 valence electrons. The predicted octanol–water partition coefficient (Wildman–Crippen LogP) is 2.66. The predicted molar refractivity (Wildman–Crippen MR) is 82.6 cm³/mol. The van der Waals surface area contributed by atoms with Gasteiger partial charge in [-0.3, -0.25) is 10.1 Å². The van der Waals surface area contributed by atoms with Gasteiger partial charge in [0.2, 0.25) is 10.0 Å². The van der Waals surface area contributed by atoms with Gasteiger partial charge in [-0.15, -0.1) is 0 Å². The van der Waals surface area contributed by atoms with Gasteiger partial charge in [-0.1, -0.05) is 40.6 Å². The molecule has 0 spiro atoms. The molecule has 0 aliphatic carbocycles. The van der Waals surface area contributed by atoms with Gasteiger partial charge in [-0.05, 0) is 19.1 Å². The summed E-state index contributed by atoms with van der Waals surface area (Å²) in [5, 5.41) is 7.96. The SMILES string of the molecule is Cc1nc(NC(=O)c2c(Cl)cccc2Cl)sc1S(N)(=O)=O. The summed E-state index contributed by atoms with van der Waals surface area (Å²) in [5.41, 5.74) is 0.300. The average Bonchev–Trinajstić information content (AvgIpc) is 2.69. The topological polar surface area (TPSA) is 102 Å². The molecule has 0 saturated heterocycles. The Morgan fingerprint density at radius 2 is 1.90 bits per heavy atom. The third-order valence-corrected chi connectivity index (χ3v) is 5.68. The first-order valence-electron chi connectivity index (χ1n) is 5.45. The second-order valence-corrected chi connectivity index (χ2v) is 7.56. The lowest BCUT2D eigenvalue weighted by atomic mass is 10.2. The van der Waals surface area contributed by atoms with Gasteiger partial charge in [-0.2, -0.15) is 0 Å². The number of halogens is 2. The number of amides is 1. The molecule has 21 heavy (non-hydrogen) atoms. The Kier molecular flexibility index (Phi) is 4.54. The van der Waals surface area contributed by atoms with Gasteiger partial charge in [0.15, 0.2) is 9.34 Å². The smallest absolute Gasteiger partial charge is 0.260 e. The molecule has 1 aromatic carbocycles. The molecule has 6 nitrogen and oxygen atoms in total. The molecule has 2 rings (SSSR count). The molecule has 0 unspecified atom stereocenters. The first kappa shape index (κ1) is 16.2. The summed E-state index contributed by atoms with van der Waals surface area (Å²) >= 11 is 12.6. The van der Waals surface area contributed by atoms with Crippen molar-refractivity contribution in [1.29, 1.82) is 0 Å². The average molecular weight is 366 g/mol. The second-order valence-electron chi connectivity index (χ2n) is 3.99. The van der Waals surface area contributed by atoms with Crippen molar-refractivity contribution in [1.82, 2.24) is 4.98 Å². The van der Waals surface area contributed by atoms with E-state index in [1.807, 2.05) is 0 Å². The molecular formula is C11H9Cl2N3O3S2. The maximum Gasteiger partial charge on any atom is 0.260 e. The lowest BCUT2D eigenvalue weighted by Gasteiger charge is -2.05. The molecule has 3 N–H and O–H groups in total. The number of nitrogens with one attached hydrogen (secondary N) is 1. The maximum atomic E-state index is 12.1. The molecular weight excluding hydrogens is 357 g/mol. The Balaban J connectivity index is 2.33. The highest BCUT2D eigenvalue weighted by atomic mass is 35.5. The zero-order valence-corrected chi connectivity index (χ0v) is 13.7. The van der Waals surface area contributed by atoms with E-state index >= 15 is 0 Å². The van der Waals surface area contributed by atoms with Crippen molar-refractivity contribution in [3.05, 3.63) is 39.5 Å². The first-order chi connectivity index (χ1) is 9.70. The third-order valence-electron chi connectivity index (χ3n) is 2.42. The number of anilines is 1. The normalized spacial score (nSPS) is 11.4. The molecule has 0 aliphatic heterocycles. The fourth-order valence-corrected chi connectivity index (χ4v) is 4.00. The van der Waals surface area contributed by atoms with E-state index in [-0.39, 0.29) is 30.6 Å². The minimum Gasteiger partial charge on any atom is -0.298 e. The van der Waals surface area contributed by atoms with Gasteiger partial charge in [0.05, 0.1) is 21.3 Å². The number of carbonyl (C=O) groups is 1. The summed E-state index contributed by atoms with van der Waals surface area (Å²) in [5.74, 6) is -0.583. The van der Waals surface area contributed by atoms with Crippen molar-refractivity contribution in [3.63, 3.8) is 0 Å². The van der Waals surface area contributed by atoms with Gasteiger partial charge < -0.3 is 0 Å². The molecule has 0 saturated carbocycles. The van der Waals surface area contributed by atoms with Crippen LogP contribution in [0.3, 0.4) is 0 Å². The minimum atomic E-state index is -3.88. The van der Waals surface area contributed by atoms with Crippen molar-refractivity contribution in [3.8, 4) is 0 Å². The highest BCUT2D eigenvalue weighted by molar-refractivity contribution is 7.91. The van der Waals surface area contributed by atoms with Crippen LogP contribution in [0.1, 0.15) is 16.1 Å². The van der Waals surface area contributed by atoms with Crippen LogP contribution in [0.5, 0.6) is 0 Å². The minimum absolute atomic E-state index is 0.0887. The number of hydrogen-bond acceptors (Lipinski definition) is 5. The monoisotopic (exact) mass is 365 g/mol. The van der Waals surface area contributed by atoms with E-state index in [0.717, 1.165) is 11.3 Å². The highest BCUT2D eigenvalue weighted by Gasteiger charge is 2.20. The number of benzene rings is 1. The van der Waals surface area contributed by atoms with Crippen LogP contribution in [0.4, 0.5) is 5.13 Å². The molecule has 0 aliphatic rings. The Morgan fingerprint density at radius 1 is 1.33 bits per heavy atom. The number of aromatic nitrogens is 1. The fourth-order valence-electron chi connectivity index (χ4n) is 1.57. The Hall–Kier alpha value is -1.19. The number of nitrogens with two attached hydrogens (primary N) is 1. The fraction of sp³-hybridized carbons (Fsp3) is 0.0909. The van der Waals surface area contributed by atoms with Crippen LogP contribution >= 0.6 is 34.5 Å². The van der Waals surface area contributed by atoms with E-state index in [0.29, 0.717) is 0 Å². The first-order valence-corrected chi connectivity index (χ1v) is 8.57. The van der Waals surface area contributed by atoms with Crippen LogP contribution in [0.25, 0.3) is 0 Å². The van der Waals surface area contributed by atoms with E-state index in [4.69, 9.17) is 28.3 Å². The van der Waals surface area contributed by atoms with Crippen molar-refractivity contribution in [2.24, 2.45) is 5.14 Å². The van der Waals surface area contributed by atoms with E-state index < -0.39 is 15.9 Å². The number of nitrogens with zero attached hydrogens (tertiary/aromatic N) is 1. The third kappa shape index (κ3) is 3.53. The molecule has 1 aromatic heterocycles. The van der Waals surface area contributed by atoms with Gasteiger partial charge in [-0.25, -0.2) is 18.5 Å². The zero-order chi connectivity index (χ0) is 15.8. The number of carbonyl (C=O) groups excluding carboxylic acids is 1. The summed E-state index contributed by atoms with van der Waals surface area (Å²) in [6.07, 6.45) is 0. The van der Waals surface area contributed by atoms with Gasteiger partial charge >= 0.3 is 0 Å². The van der Waals surface area contributed by atoms with Crippen LogP contribution in [0.15, 0.2) is 22.4 Å². The summed E-state index contributed by atoms with van der Waals surface area (Å²) in [6.45, 7) is 1.48. The van der Waals surface area contributed by atoms with Crippen LogP contribution in [0, 0.1) is 6.92 Å². The number of rotatable bonds is 3. The largest absolute Gasteiger partial charge is 0.298 e.